The number of aromatic nitrogens is 2. The number of esters is 1. The van der Waals surface area contributed by atoms with Crippen LogP contribution in [0.2, 0.25) is 0 Å². The zero-order chi connectivity index (χ0) is 14.5. The number of carbonyl (C=O) groups is 1. The van der Waals surface area contributed by atoms with E-state index >= 15 is 0 Å². The minimum Gasteiger partial charge on any atom is -0.466 e. The Hall–Kier alpha value is -1.82. The van der Waals surface area contributed by atoms with Crippen LogP contribution < -0.4 is 5.56 Å². The van der Waals surface area contributed by atoms with Gasteiger partial charge in [-0.2, -0.15) is 9.19 Å². The first-order chi connectivity index (χ1) is 9.67. The number of ether oxygens (including phenoxy) is 1. The average molecular weight is 292 g/mol. The van der Waals surface area contributed by atoms with Gasteiger partial charge in [-0.05, 0) is 24.9 Å². The normalized spacial score (nSPS) is 10.7. The maximum atomic E-state index is 12.2. The van der Waals surface area contributed by atoms with Crippen molar-refractivity contribution < 1.29 is 9.53 Å². The molecule has 0 atom stereocenters. The zero-order valence-corrected chi connectivity index (χ0v) is 12.3. The quantitative estimate of drug-likeness (QED) is 0.789. The Labute approximate surface area is 121 Å². The van der Waals surface area contributed by atoms with Crippen LogP contribution >= 0.6 is 11.9 Å². The van der Waals surface area contributed by atoms with Crippen LogP contribution in [0.4, 0.5) is 0 Å². The lowest BCUT2D eigenvalue weighted by Crippen LogP contribution is -2.22. The summed E-state index contributed by atoms with van der Waals surface area (Å²) in [7, 11) is 0. The summed E-state index contributed by atoms with van der Waals surface area (Å²) >= 11 is 1.31. The molecule has 0 fully saturated rings. The van der Waals surface area contributed by atoms with Crippen LogP contribution in [0.1, 0.15) is 19.5 Å². The van der Waals surface area contributed by atoms with Gasteiger partial charge in [0.25, 0.3) is 5.56 Å². The lowest BCUT2D eigenvalue weighted by atomic mass is 10.1. The fourth-order valence-corrected chi connectivity index (χ4v) is 2.54. The third kappa shape index (κ3) is 3.01. The first-order valence-corrected chi connectivity index (χ1v) is 7.41. The van der Waals surface area contributed by atoms with Crippen LogP contribution in [-0.2, 0) is 16.0 Å². The zero-order valence-electron chi connectivity index (χ0n) is 11.5. The summed E-state index contributed by atoms with van der Waals surface area (Å²) in [6, 6.07) is 7.19. The highest BCUT2D eigenvalue weighted by Gasteiger charge is 2.14. The minimum absolute atomic E-state index is 0.0684. The Morgan fingerprint density at radius 3 is 2.65 bits per heavy atom. The maximum Gasteiger partial charge on any atom is 0.311 e. The van der Waals surface area contributed by atoms with E-state index in [1.807, 2.05) is 13.0 Å². The third-order valence-corrected chi connectivity index (χ3v) is 3.47. The number of fused-ring (bicyclic) bond motifs is 1. The first kappa shape index (κ1) is 14.6. The van der Waals surface area contributed by atoms with E-state index in [4.69, 9.17) is 4.74 Å². The monoisotopic (exact) mass is 292 g/mol. The first-order valence-electron chi connectivity index (χ1n) is 6.47. The highest BCUT2D eigenvalue weighted by atomic mass is 32.2. The van der Waals surface area contributed by atoms with Crippen molar-refractivity contribution in [2.45, 2.75) is 20.3 Å². The molecular formula is C14H16N2O3S. The van der Waals surface area contributed by atoms with E-state index < -0.39 is 0 Å². The molecule has 0 amide bonds. The Morgan fingerprint density at radius 2 is 2.00 bits per heavy atom. The van der Waals surface area contributed by atoms with Gasteiger partial charge < -0.3 is 4.74 Å². The number of benzene rings is 1. The van der Waals surface area contributed by atoms with Gasteiger partial charge in [0.15, 0.2) is 0 Å². The summed E-state index contributed by atoms with van der Waals surface area (Å²) < 4.78 is 6.30. The molecule has 0 aliphatic heterocycles. The molecule has 1 aromatic heterocycles. The van der Waals surface area contributed by atoms with Gasteiger partial charge in [0.05, 0.1) is 24.1 Å². The summed E-state index contributed by atoms with van der Waals surface area (Å²) in [6.45, 7) is 4.04. The lowest BCUT2D eigenvalue weighted by molar-refractivity contribution is -0.142. The van der Waals surface area contributed by atoms with Crippen molar-refractivity contribution in [3.8, 4) is 0 Å². The molecule has 2 aromatic rings. The second-order valence-corrected chi connectivity index (χ2v) is 5.25. The van der Waals surface area contributed by atoms with Gasteiger partial charge in [0.1, 0.15) is 0 Å². The van der Waals surface area contributed by atoms with Crippen molar-refractivity contribution in [3.63, 3.8) is 0 Å². The fraction of sp³-hybridized carbons (Fsp3) is 0.357. The van der Waals surface area contributed by atoms with E-state index in [0.29, 0.717) is 23.1 Å². The predicted molar refractivity (Wildman–Crippen MR) is 79.9 cm³/mol. The molecule has 0 spiro atoms. The topological polar surface area (TPSA) is 61.2 Å². The maximum absolute atomic E-state index is 12.2. The van der Waals surface area contributed by atoms with Crippen molar-refractivity contribution in [2.75, 3.05) is 12.4 Å². The molecule has 106 valence electrons. The molecule has 2 rings (SSSR count). The molecule has 0 aliphatic rings. The summed E-state index contributed by atoms with van der Waals surface area (Å²) in [5.41, 5.74) is 0.416. The number of nitrogens with zero attached hydrogens (tertiary/aromatic N) is 2. The standard InChI is InChI=1S/C14H16N2O3S/c1-3-19-13(17)9-12-10-7-5-6-8-11(10)14(18)16(15-12)20-4-2/h5-8H,3-4,9H2,1-2H3. The van der Waals surface area contributed by atoms with Crippen molar-refractivity contribution in [1.82, 2.24) is 9.19 Å². The van der Waals surface area contributed by atoms with E-state index in [9.17, 15) is 9.59 Å². The molecule has 0 aliphatic carbocycles. The Balaban J connectivity index is 2.54. The summed E-state index contributed by atoms with van der Waals surface area (Å²) in [4.78, 5) is 23.9. The van der Waals surface area contributed by atoms with Crippen LogP contribution in [-0.4, -0.2) is 27.5 Å². The molecule has 6 heteroatoms. The molecule has 0 radical (unpaired) electrons. The average Bonchev–Trinajstić information content (AvgIpc) is 2.44. The van der Waals surface area contributed by atoms with Crippen LogP contribution in [0, 0.1) is 0 Å². The molecule has 20 heavy (non-hydrogen) atoms. The number of rotatable bonds is 5. The Morgan fingerprint density at radius 1 is 1.30 bits per heavy atom. The molecule has 0 saturated heterocycles. The van der Waals surface area contributed by atoms with E-state index in [-0.39, 0.29) is 17.9 Å². The summed E-state index contributed by atoms with van der Waals surface area (Å²) in [5.74, 6) is 0.390. The van der Waals surface area contributed by atoms with Crippen molar-refractivity contribution in [2.24, 2.45) is 0 Å². The second-order valence-electron chi connectivity index (χ2n) is 4.07. The SMILES string of the molecule is CCOC(=O)Cc1nn(SCC)c(=O)c2ccccc12. The van der Waals surface area contributed by atoms with Gasteiger partial charge in [-0.15, -0.1) is 0 Å². The molecule has 0 saturated carbocycles. The minimum atomic E-state index is -0.336. The van der Waals surface area contributed by atoms with Gasteiger partial charge in [0.2, 0.25) is 0 Å². The Kier molecular flexibility index (Phi) is 4.79. The van der Waals surface area contributed by atoms with Crippen LogP contribution in [0.25, 0.3) is 10.8 Å². The lowest BCUT2D eigenvalue weighted by Gasteiger charge is -2.09. The van der Waals surface area contributed by atoms with E-state index in [1.165, 1.54) is 16.0 Å². The molecule has 1 aromatic carbocycles. The second kappa shape index (κ2) is 6.56. The summed E-state index contributed by atoms with van der Waals surface area (Å²) in [6.07, 6.45) is 0.0684. The van der Waals surface area contributed by atoms with Gasteiger partial charge in [0, 0.05) is 11.1 Å². The third-order valence-electron chi connectivity index (χ3n) is 2.72. The van der Waals surface area contributed by atoms with E-state index in [2.05, 4.69) is 5.10 Å². The van der Waals surface area contributed by atoms with Gasteiger partial charge in [-0.1, -0.05) is 25.1 Å². The smallest absolute Gasteiger partial charge is 0.311 e. The van der Waals surface area contributed by atoms with Crippen molar-refractivity contribution >= 4 is 28.7 Å². The van der Waals surface area contributed by atoms with E-state index in [0.717, 1.165) is 5.75 Å². The molecular weight excluding hydrogens is 276 g/mol. The molecule has 0 N–H and O–H groups in total. The highest BCUT2D eigenvalue weighted by molar-refractivity contribution is 7.97. The van der Waals surface area contributed by atoms with Crippen LogP contribution in [0.5, 0.6) is 0 Å². The van der Waals surface area contributed by atoms with Gasteiger partial charge in [-0.25, -0.2) is 0 Å². The highest BCUT2D eigenvalue weighted by Crippen LogP contribution is 2.15. The van der Waals surface area contributed by atoms with Crippen LogP contribution in [0.3, 0.4) is 0 Å². The summed E-state index contributed by atoms with van der Waals surface area (Å²) in [5, 5.41) is 5.56. The van der Waals surface area contributed by atoms with Crippen molar-refractivity contribution in [3.05, 3.63) is 40.3 Å². The molecule has 0 bridgehead atoms. The Bertz CT molecular complexity index is 682. The van der Waals surface area contributed by atoms with Gasteiger partial charge in [-0.3, -0.25) is 9.59 Å². The predicted octanol–water partition coefficient (Wildman–Crippen LogP) is 2.02. The fourth-order valence-electron chi connectivity index (χ4n) is 1.92. The van der Waals surface area contributed by atoms with Gasteiger partial charge >= 0.3 is 5.97 Å². The van der Waals surface area contributed by atoms with E-state index in [1.54, 1.807) is 25.1 Å². The van der Waals surface area contributed by atoms with Crippen LogP contribution in [0.15, 0.2) is 29.1 Å². The van der Waals surface area contributed by atoms with Crippen molar-refractivity contribution in [1.29, 1.82) is 0 Å². The number of hydrogen-bond donors (Lipinski definition) is 0. The molecule has 1 heterocycles. The molecule has 0 unspecified atom stereocenters. The largest absolute Gasteiger partial charge is 0.466 e. The number of carbonyl (C=O) groups excluding carboxylic acids is 1. The number of hydrogen-bond acceptors (Lipinski definition) is 5. The molecule has 5 nitrogen and oxygen atoms in total.